The molecule has 0 N–H and O–H groups in total. The van der Waals surface area contributed by atoms with Crippen molar-refractivity contribution in [2.75, 3.05) is 33.3 Å². The summed E-state index contributed by atoms with van der Waals surface area (Å²) in [6.07, 6.45) is 7.17. The average molecular weight is 435 g/mol. The van der Waals surface area contributed by atoms with Crippen LogP contribution in [0.5, 0.6) is 5.75 Å². The fourth-order valence-electron chi connectivity index (χ4n) is 4.74. The molecule has 0 aliphatic carbocycles. The number of methoxy groups -OCH3 is 1. The number of urea groups is 1. The van der Waals surface area contributed by atoms with Gasteiger partial charge in [-0.1, -0.05) is 36.4 Å². The van der Waals surface area contributed by atoms with Crippen LogP contribution in [0.25, 0.3) is 6.08 Å². The predicted octanol–water partition coefficient (Wildman–Crippen LogP) is 3.42. The minimum absolute atomic E-state index is 0.0841. The summed E-state index contributed by atoms with van der Waals surface area (Å²) in [5, 5.41) is 0. The highest BCUT2D eigenvalue weighted by Crippen LogP contribution is 2.37. The molecule has 0 radical (unpaired) electrons. The third-order valence-electron chi connectivity index (χ3n) is 6.47. The second-order valence-corrected chi connectivity index (χ2v) is 8.22. The third kappa shape index (κ3) is 4.12. The van der Waals surface area contributed by atoms with Gasteiger partial charge in [-0.15, -0.1) is 0 Å². The zero-order chi connectivity index (χ0) is 22.6. The summed E-state index contributed by atoms with van der Waals surface area (Å²) in [5.74, 6) is 0.766. The smallest absolute Gasteiger partial charge is 0.328 e. The van der Waals surface area contributed by atoms with Gasteiger partial charge in [0, 0.05) is 37.9 Å². The summed E-state index contributed by atoms with van der Waals surface area (Å²) >= 11 is 0. The molecule has 2 saturated heterocycles. The van der Waals surface area contributed by atoms with Crippen LogP contribution >= 0.6 is 0 Å². The van der Waals surface area contributed by atoms with Crippen molar-refractivity contribution in [1.82, 2.24) is 19.7 Å². The molecular formula is C25H30N4O3. The highest BCUT2D eigenvalue weighted by molar-refractivity contribution is 6.07. The fourth-order valence-corrected chi connectivity index (χ4v) is 4.74. The first-order valence-corrected chi connectivity index (χ1v) is 11.1. The molecule has 3 heterocycles. The molecule has 4 rings (SSSR count). The molecule has 2 fully saturated rings. The van der Waals surface area contributed by atoms with E-state index in [1.54, 1.807) is 18.2 Å². The number of hydrogen-bond donors (Lipinski definition) is 0. The molecule has 1 aromatic carbocycles. The lowest BCUT2D eigenvalue weighted by molar-refractivity contribution is -0.136. The maximum atomic E-state index is 13.4. The molecular weight excluding hydrogens is 404 g/mol. The van der Waals surface area contributed by atoms with Crippen molar-refractivity contribution in [3.05, 3.63) is 66.0 Å². The van der Waals surface area contributed by atoms with Crippen molar-refractivity contribution < 1.29 is 14.3 Å². The number of likely N-dealkylation sites (tertiary alicyclic amines) is 1. The Hall–Kier alpha value is -3.19. The average Bonchev–Trinajstić information content (AvgIpc) is 3.02. The van der Waals surface area contributed by atoms with Crippen molar-refractivity contribution >= 4 is 18.0 Å². The lowest BCUT2D eigenvalue weighted by atomic mass is 9.85. The number of imide groups is 1. The molecule has 0 bridgehead atoms. The van der Waals surface area contributed by atoms with Gasteiger partial charge in [-0.3, -0.25) is 19.6 Å². The molecule has 3 amide bonds. The van der Waals surface area contributed by atoms with Gasteiger partial charge in [0.05, 0.1) is 19.3 Å². The van der Waals surface area contributed by atoms with Crippen LogP contribution in [0.2, 0.25) is 0 Å². The molecule has 7 heteroatoms. The van der Waals surface area contributed by atoms with E-state index in [0.717, 1.165) is 36.6 Å². The van der Waals surface area contributed by atoms with Crippen LogP contribution in [0.15, 0.2) is 54.7 Å². The van der Waals surface area contributed by atoms with Gasteiger partial charge in [0.2, 0.25) is 0 Å². The van der Waals surface area contributed by atoms with Crippen molar-refractivity contribution in [2.45, 2.75) is 31.8 Å². The lowest BCUT2D eigenvalue weighted by Gasteiger charge is -2.41. The van der Waals surface area contributed by atoms with Gasteiger partial charge in [-0.05, 0) is 38.0 Å². The second-order valence-electron chi connectivity index (χ2n) is 8.22. The van der Waals surface area contributed by atoms with E-state index < -0.39 is 5.54 Å². The van der Waals surface area contributed by atoms with E-state index >= 15 is 0 Å². The van der Waals surface area contributed by atoms with Crippen LogP contribution in [0.4, 0.5) is 4.79 Å². The molecule has 32 heavy (non-hydrogen) atoms. The first-order chi connectivity index (χ1) is 15.6. The number of ether oxygens (including phenoxy) is 1. The highest BCUT2D eigenvalue weighted by atomic mass is 16.5. The number of nitrogens with zero attached hydrogens (tertiary/aromatic N) is 4. The summed E-state index contributed by atoms with van der Waals surface area (Å²) in [4.78, 5) is 36.2. The summed E-state index contributed by atoms with van der Waals surface area (Å²) in [7, 11) is 1.67. The highest BCUT2D eigenvalue weighted by Gasteiger charge is 2.57. The number of amides is 3. The van der Waals surface area contributed by atoms with Crippen LogP contribution in [0, 0.1) is 0 Å². The number of rotatable bonds is 7. The number of para-hydroxylation sites is 1. The second kappa shape index (κ2) is 9.53. The molecule has 0 saturated carbocycles. The fraction of sp³-hybridized carbons (Fsp3) is 0.400. The molecule has 1 aromatic heterocycles. The van der Waals surface area contributed by atoms with Crippen LogP contribution in [0.1, 0.15) is 31.0 Å². The molecule has 2 aliphatic heterocycles. The Balaban J connectivity index is 1.41. The van der Waals surface area contributed by atoms with E-state index in [0.29, 0.717) is 19.4 Å². The van der Waals surface area contributed by atoms with E-state index in [1.807, 2.05) is 49.4 Å². The Labute approximate surface area is 189 Å². The zero-order valence-corrected chi connectivity index (χ0v) is 18.7. The Morgan fingerprint density at radius 2 is 1.84 bits per heavy atom. The Bertz CT molecular complexity index is 984. The molecule has 7 nitrogen and oxygen atoms in total. The SMILES string of the molecule is CCN1C(=O)N(Cc2ccccn2)C(=O)C12CCN(CC=Cc1ccccc1OC)CC2. The van der Waals surface area contributed by atoms with Gasteiger partial charge in [-0.2, -0.15) is 0 Å². The van der Waals surface area contributed by atoms with E-state index in [1.165, 1.54) is 4.90 Å². The van der Waals surface area contributed by atoms with Crippen LogP contribution in [0.3, 0.4) is 0 Å². The van der Waals surface area contributed by atoms with Crippen molar-refractivity contribution in [3.8, 4) is 5.75 Å². The van der Waals surface area contributed by atoms with Gasteiger partial charge < -0.3 is 9.64 Å². The zero-order valence-electron chi connectivity index (χ0n) is 18.7. The van der Waals surface area contributed by atoms with E-state index in [-0.39, 0.29) is 18.5 Å². The molecule has 2 aromatic rings. The number of likely N-dealkylation sites (N-methyl/N-ethyl adjacent to an activating group) is 1. The van der Waals surface area contributed by atoms with Gasteiger partial charge >= 0.3 is 6.03 Å². The number of pyridine rings is 1. The van der Waals surface area contributed by atoms with Crippen molar-refractivity contribution in [3.63, 3.8) is 0 Å². The van der Waals surface area contributed by atoms with Gasteiger partial charge in [0.25, 0.3) is 5.91 Å². The molecule has 1 spiro atoms. The molecule has 0 atom stereocenters. The summed E-state index contributed by atoms with van der Waals surface area (Å²) < 4.78 is 5.40. The van der Waals surface area contributed by atoms with Crippen molar-refractivity contribution in [2.24, 2.45) is 0 Å². The standard InChI is InChI=1S/C25H30N4O3/c1-3-29-24(31)28(19-21-11-6-7-15-26-21)23(30)25(29)13-17-27(18-14-25)16-8-10-20-9-4-5-12-22(20)32-2/h4-12,15H,3,13-14,16-19H2,1-2H3. The van der Waals surface area contributed by atoms with Gasteiger partial charge in [0.1, 0.15) is 11.3 Å². The van der Waals surface area contributed by atoms with E-state index in [2.05, 4.69) is 22.0 Å². The topological polar surface area (TPSA) is 66.0 Å². The minimum atomic E-state index is -0.733. The monoisotopic (exact) mass is 434 g/mol. The number of hydrogen-bond acceptors (Lipinski definition) is 5. The summed E-state index contributed by atoms with van der Waals surface area (Å²) in [5.41, 5.74) is 1.03. The van der Waals surface area contributed by atoms with Crippen LogP contribution in [-0.4, -0.2) is 70.4 Å². The van der Waals surface area contributed by atoms with Crippen LogP contribution < -0.4 is 4.74 Å². The molecule has 168 valence electrons. The van der Waals surface area contributed by atoms with Crippen LogP contribution in [-0.2, 0) is 11.3 Å². The van der Waals surface area contributed by atoms with Crippen molar-refractivity contribution in [1.29, 1.82) is 0 Å². The number of carbonyl (C=O) groups is 2. The van der Waals surface area contributed by atoms with Gasteiger partial charge in [0.15, 0.2) is 0 Å². The largest absolute Gasteiger partial charge is 0.496 e. The predicted molar refractivity (Wildman–Crippen MR) is 123 cm³/mol. The summed E-state index contributed by atoms with van der Waals surface area (Å²) in [6, 6.07) is 13.3. The Kier molecular flexibility index (Phi) is 6.55. The van der Waals surface area contributed by atoms with E-state index in [4.69, 9.17) is 4.74 Å². The number of carbonyl (C=O) groups excluding carboxylic acids is 2. The number of benzene rings is 1. The Morgan fingerprint density at radius 3 is 2.53 bits per heavy atom. The normalized spacial score (nSPS) is 18.8. The molecule has 0 unspecified atom stereocenters. The van der Waals surface area contributed by atoms with E-state index in [9.17, 15) is 9.59 Å². The minimum Gasteiger partial charge on any atom is -0.496 e. The number of aromatic nitrogens is 1. The van der Waals surface area contributed by atoms with Gasteiger partial charge in [-0.25, -0.2) is 4.79 Å². The summed E-state index contributed by atoms with van der Waals surface area (Å²) in [6.45, 7) is 5.02. The first kappa shape index (κ1) is 22.0. The third-order valence-corrected chi connectivity index (χ3v) is 6.47. The lowest BCUT2D eigenvalue weighted by Crippen LogP contribution is -2.56. The maximum absolute atomic E-state index is 13.4. The maximum Gasteiger partial charge on any atom is 0.328 e. The first-order valence-electron chi connectivity index (χ1n) is 11.1. The molecule has 2 aliphatic rings. The number of piperidine rings is 1. The quantitative estimate of drug-likeness (QED) is 0.625. The Morgan fingerprint density at radius 1 is 1.09 bits per heavy atom.